The summed E-state index contributed by atoms with van der Waals surface area (Å²) in [5.74, 6) is 0. The molecule has 0 unspecified atom stereocenters. The second-order valence-corrected chi connectivity index (χ2v) is 9.11. The fourth-order valence-electron chi connectivity index (χ4n) is 4.46. The normalized spacial score (nSPS) is 25.2. The number of carbonyl (C=O) groups is 1. The van der Waals surface area contributed by atoms with Gasteiger partial charge in [-0.15, -0.1) is 11.3 Å². The van der Waals surface area contributed by atoms with Crippen molar-refractivity contribution in [3.05, 3.63) is 21.9 Å². The number of piperidine rings is 1. The Morgan fingerprint density at radius 1 is 1.24 bits per heavy atom. The highest BCUT2D eigenvalue weighted by Gasteiger charge is 2.35. The quantitative estimate of drug-likeness (QED) is 0.855. The average Bonchev–Trinajstić information content (AvgIpc) is 3.14. The molecule has 5 heteroatoms. The Morgan fingerprint density at radius 2 is 2.04 bits per heavy atom. The molecular formula is C20H31N3OS. The Labute approximate surface area is 155 Å². The summed E-state index contributed by atoms with van der Waals surface area (Å²) in [5, 5.41) is 5.51. The summed E-state index contributed by atoms with van der Waals surface area (Å²) < 4.78 is 0. The Hall–Kier alpha value is -1.07. The van der Waals surface area contributed by atoms with Gasteiger partial charge in [0.05, 0.1) is 6.54 Å². The number of hydrogen-bond donors (Lipinski definition) is 1. The molecule has 1 saturated heterocycles. The summed E-state index contributed by atoms with van der Waals surface area (Å²) in [5.41, 5.74) is 1.31. The monoisotopic (exact) mass is 361 g/mol. The molecule has 25 heavy (non-hydrogen) atoms. The van der Waals surface area contributed by atoms with Crippen LogP contribution in [0.15, 0.2) is 11.4 Å². The maximum absolute atomic E-state index is 13.0. The van der Waals surface area contributed by atoms with Crippen LogP contribution in [0, 0.1) is 6.92 Å². The Kier molecular flexibility index (Phi) is 5.32. The lowest BCUT2D eigenvalue weighted by Gasteiger charge is -2.38. The lowest BCUT2D eigenvalue weighted by molar-refractivity contribution is 0.132. The van der Waals surface area contributed by atoms with Gasteiger partial charge in [0, 0.05) is 29.5 Å². The van der Waals surface area contributed by atoms with Gasteiger partial charge in [0.15, 0.2) is 0 Å². The van der Waals surface area contributed by atoms with Crippen molar-refractivity contribution in [1.29, 1.82) is 0 Å². The van der Waals surface area contributed by atoms with Crippen LogP contribution in [0.5, 0.6) is 0 Å². The summed E-state index contributed by atoms with van der Waals surface area (Å²) in [6, 6.07) is 3.87. The molecular weight excluding hydrogens is 330 g/mol. The fraction of sp³-hybridized carbons (Fsp3) is 0.750. The van der Waals surface area contributed by atoms with Gasteiger partial charge in [-0.2, -0.15) is 0 Å². The lowest BCUT2D eigenvalue weighted by atomic mass is 10.0. The second kappa shape index (κ2) is 7.67. The Bertz CT molecular complexity index is 592. The minimum absolute atomic E-state index is 0.161. The van der Waals surface area contributed by atoms with Gasteiger partial charge in [-0.25, -0.2) is 4.79 Å². The molecule has 0 spiro atoms. The van der Waals surface area contributed by atoms with Crippen LogP contribution in [0.1, 0.15) is 61.8 Å². The fourth-order valence-corrected chi connectivity index (χ4v) is 5.36. The van der Waals surface area contributed by atoms with Crippen LogP contribution in [0.3, 0.4) is 0 Å². The number of rotatable bonds is 5. The molecule has 1 atom stereocenters. The van der Waals surface area contributed by atoms with E-state index in [0.717, 1.165) is 38.4 Å². The summed E-state index contributed by atoms with van der Waals surface area (Å²) in [6.07, 6.45) is 10.1. The van der Waals surface area contributed by atoms with E-state index in [1.807, 2.05) is 0 Å². The van der Waals surface area contributed by atoms with Gasteiger partial charge in [0.1, 0.15) is 0 Å². The Morgan fingerprint density at radius 3 is 2.72 bits per heavy atom. The minimum Gasteiger partial charge on any atom is -0.334 e. The largest absolute Gasteiger partial charge is 0.334 e. The zero-order chi connectivity index (χ0) is 17.2. The van der Waals surface area contributed by atoms with E-state index < -0.39 is 0 Å². The number of thiophene rings is 1. The third-order valence-corrected chi connectivity index (χ3v) is 7.16. The maximum Gasteiger partial charge on any atom is 0.318 e. The van der Waals surface area contributed by atoms with E-state index in [4.69, 9.17) is 0 Å². The van der Waals surface area contributed by atoms with Gasteiger partial charge in [-0.05, 0) is 69.0 Å². The minimum atomic E-state index is 0.161. The van der Waals surface area contributed by atoms with Crippen LogP contribution >= 0.6 is 11.3 Å². The molecule has 2 heterocycles. The van der Waals surface area contributed by atoms with Gasteiger partial charge in [0.25, 0.3) is 0 Å². The first-order valence-corrected chi connectivity index (χ1v) is 10.9. The molecule has 138 valence electrons. The van der Waals surface area contributed by atoms with Gasteiger partial charge >= 0.3 is 6.03 Å². The van der Waals surface area contributed by atoms with Crippen molar-refractivity contribution in [1.82, 2.24) is 15.1 Å². The maximum atomic E-state index is 13.0. The number of nitrogens with one attached hydrogen (secondary N) is 1. The predicted octanol–water partition coefficient (Wildman–Crippen LogP) is 4.14. The van der Waals surface area contributed by atoms with Crippen molar-refractivity contribution in [3.63, 3.8) is 0 Å². The number of nitrogens with zero attached hydrogens (tertiary/aromatic N) is 2. The predicted molar refractivity (Wildman–Crippen MR) is 103 cm³/mol. The molecule has 4 nitrogen and oxygen atoms in total. The van der Waals surface area contributed by atoms with Gasteiger partial charge < -0.3 is 10.2 Å². The van der Waals surface area contributed by atoms with Crippen LogP contribution in [-0.2, 0) is 6.54 Å². The molecule has 1 N–H and O–H groups in total. The molecule has 1 aromatic heterocycles. The number of likely N-dealkylation sites (tertiary alicyclic amines) is 1. The molecule has 2 saturated carbocycles. The standard InChI is InChI=1S/C20H31N3OS/c1-15-10-12-25-19(15)14-23(18-8-9-18)20(24)21-16-5-4-11-22(13-16)17-6-2-3-7-17/h10,12,16-18H,2-9,11,13-14H2,1H3,(H,21,24)/t16-/m0/s1. The molecule has 0 radical (unpaired) electrons. The summed E-state index contributed by atoms with van der Waals surface area (Å²) in [7, 11) is 0. The zero-order valence-corrected chi connectivity index (χ0v) is 16.2. The van der Waals surface area contributed by atoms with Crippen molar-refractivity contribution < 1.29 is 4.79 Å². The highest BCUT2D eigenvalue weighted by molar-refractivity contribution is 7.10. The topological polar surface area (TPSA) is 35.6 Å². The highest BCUT2D eigenvalue weighted by Crippen LogP contribution is 2.31. The molecule has 0 bridgehead atoms. The molecule has 3 aliphatic rings. The number of carbonyl (C=O) groups excluding carboxylic acids is 1. The third kappa shape index (κ3) is 4.20. The van der Waals surface area contributed by atoms with E-state index in [1.54, 1.807) is 11.3 Å². The second-order valence-electron chi connectivity index (χ2n) is 8.11. The van der Waals surface area contributed by atoms with E-state index in [9.17, 15) is 4.79 Å². The molecule has 1 aromatic rings. The zero-order valence-electron chi connectivity index (χ0n) is 15.4. The van der Waals surface area contributed by atoms with Crippen molar-refractivity contribution >= 4 is 17.4 Å². The van der Waals surface area contributed by atoms with Gasteiger partial charge in [0.2, 0.25) is 0 Å². The van der Waals surface area contributed by atoms with E-state index >= 15 is 0 Å². The smallest absolute Gasteiger partial charge is 0.318 e. The molecule has 0 aromatic carbocycles. The molecule has 4 rings (SSSR count). The van der Waals surface area contributed by atoms with Crippen LogP contribution < -0.4 is 5.32 Å². The molecule has 1 aliphatic heterocycles. The number of hydrogen-bond acceptors (Lipinski definition) is 3. The summed E-state index contributed by atoms with van der Waals surface area (Å²) in [6.45, 7) is 5.19. The van der Waals surface area contributed by atoms with Crippen LogP contribution in [0.25, 0.3) is 0 Å². The van der Waals surface area contributed by atoms with Crippen molar-refractivity contribution in [2.24, 2.45) is 0 Å². The number of amides is 2. The first-order chi connectivity index (χ1) is 12.2. The van der Waals surface area contributed by atoms with E-state index in [2.05, 4.69) is 33.5 Å². The molecule has 2 aliphatic carbocycles. The van der Waals surface area contributed by atoms with Gasteiger partial charge in [-0.3, -0.25) is 4.90 Å². The highest BCUT2D eigenvalue weighted by atomic mass is 32.1. The van der Waals surface area contributed by atoms with E-state index in [0.29, 0.717) is 12.1 Å². The summed E-state index contributed by atoms with van der Waals surface area (Å²) in [4.78, 5) is 19.0. The van der Waals surface area contributed by atoms with Crippen LogP contribution in [0.2, 0.25) is 0 Å². The molecule has 2 amide bonds. The van der Waals surface area contributed by atoms with Crippen molar-refractivity contribution in [2.75, 3.05) is 13.1 Å². The number of aryl methyl sites for hydroxylation is 1. The third-order valence-electron chi connectivity index (χ3n) is 6.15. The van der Waals surface area contributed by atoms with Crippen LogP contribution in [0.4, 0.5) is 4.79 Å². The Balaban J connectivity index is 1.35. The molecule has 3 fully saturated rings. The lowest BCUT2D eigenvalue weighted by Crippen LogP contribution is -2.53. The first-order valence-electron chi connectivity index (χ1n) is 10.0. The van der Waals surface area contributed by atoms with E-state index in [-0.39, 0.29) is 6.03 Å². The summed E-state index contributed by atoms with van der Waals surface area (Å²) >= 11 is 1.77. The first kappa shape index (κ1) is 17.3. The number of urea groups is 1. The van der Waals surface area contributed by atoms with Crippen LogP contribution in [-0.4, -0.2) is 47.0 Å². The SMILES string of the molecule is Cc1ccsc1CN(C(=O)N[C@H]1CCCN(C2CCCC2)C1)C1CC1. The van der Waals surface area contributed by atoms with Crippen molar-refractivity contribution in [2.45, 2.75) is 83.0 Å². The van der Waals surface area contributed by atoms with E-state index in [1.165, 1.54) is 49.1 Å². The van der Waals surface area contributed by atoms with Gasteiger partial charge in [-0.1, -0.05) is 12.8 Å². The average molecular weight is 362 g/mol. The van der Waals surface area contributed by atoms with Crippen molar-refractivity contribution in [3.8, 4) is 0 Å².